The highest BCUT2D eigenvalue weighted by molar-refractivity contribution is 9.10. The molecule has 2 aromatic heterocycles. The highest BCUT2D eigenvalue weighted by Gasteiger charge is 2.13. The van der Waals surface area contributed by atoms with Crippen molar-refractivity contribution in [3.05, 3.63) is 75.2 Å². The standard InChI is InChI=1S/C20H17BrN4OS/c1-13-6-8-14(9-7-13)18-23-20-25(24-18)15(12-27-20)10-11-22-19(26)16-4-2-3-5-17(16)21/h2-9,12H,10-11H2,1H3,(H,22,26). The number of aromatic nitrogens is 3. The molecule has 0 atom stereocenters. The number of benzene rings is 2. The summed E-state index contributed by atoms with van der Waals surface area (Å²) in [6.45, 7) is 2.59. The number of hydrogen-bond donors (Lipinski definition) is 1. The Morgan fingerprint density at radius 1 is 1.19 bits per heavy atom. The first-order valence-electron chi connectivity index (χ1n) is 8.55. The Morgan fingerprint density at radius 2 is 1.96 bits per heavy atom. The second-order valence-corrected chi connectivity index (χ2v) is 7.90. The molecule has 1 amide bonds. The molecule has 0 spiro atoms. The quantitative estimate of drug-likeness (QED) is 0.496. The zero-order chi connectivity index (χ0) is 18.8. The van der Waals surface area contributed by atoms with E-state index in [1.165, 1.54) is 5.56 Å². The Morgan fingerprint density at radius 3 is 2.74 bits per heavy atom. The summed E-state index contributed by atoms with van der Waals surface area (Å²) < 4.78 is 2.66. The number of carbonyl (C=O) groups is 1. The average Bonchev–Trinajstić information content (AvgIpc) is 3.24. The van der Waals surface area contributed by atoms with Gasteiger partial charge in [0.25, 0.3) is 5.91 Å². The summed E-state index contributed by atoms with van der Waals surface area (Å²) in [5.74, 6) is 0.633. The number of hydrogen-bond acceptors (Lipinski definition) is 4. The van der Waals surface area contributed by atoms with Gasteiger partial charge in [0.2, 0.25) is 4.96 Å². The fourth-order valence-electron chi connectivity index (χ4n) is 2.77. The van der Waals surface area contributed by atoms with Crippen LogP contribution in [0.1, 0.15) is 21.6 Å². The maximum Gasteiger partial charge on any atom is 0.252 e. The number of aryl methyl sites for hydroxylation is 1. The Labute approximate surface area is 169 Å². The van der Waals surface area contributed by atoms with Crippen LogP contribution in [0.2, 0.25) is 0 Å². The lowest BCUT2D eigenvalue weighted by Crippen LogP contribution is -2.26. The molecule has 2 aromatic carbocycles. The molecule has 5 nitrogen and oxygen atoms in total. The van der Waals surface area contributed by atoms with E-state index in [1.54, 1.807) is 17.4 Å². The van der Waals surface area contributed by atoms with Crippen LogP contribution in [0.25, 0.3) is 16.3 Å². The first kappa shape index (κ1) is 17.9. The third-order valence-electron chi connectivity index (χ3n) is 4.24. The number of amides is 1. The first-order chi connectivity index (χ1) is 13.1. The van der Waals surface area contributed by atoms with Crippen molar-refractivity contribution >= 4 is 38.1 Å². The van der Waals surface area contributed by atoms with Crippen molar-refractivity contribution in [3.63, 3.8) is 0 Å². The van der Waals surface area contributed by atoms with Crippen molar-refractivity contribution in [1.29, 1.82) is 0 Å². The van der Waals surface area contributed by atoms with Gasteiger partial charge in [-0.05, 0) is 35.0 Å². The predicted molar refractivity (Wildman–Crippen MR) is 111 cm³/mol. The Bertz CT molecular complexity index is 1100. The molecule has 0 saturated heterocycles. The molecule has 2 heterocycles. The van der Waals surface area contributed by atoms with E-state index in [4.69, 9.17) is 0 Å². The van der Waals surface area contributed by atoms with Gasteiger partial charge in [0, 0.05) is 28.4 Å². The van der Waals surface area contributed by atoms with Gasteiger partial charge in [0.15, 0.2) is 5.82 Å². The van der Waals surface area contributed by atoms with Crippen LogP contribution in [-0.4, -0.2) is 27.0 Å². The van der Waals surface area contributed by atoms with E-state index in [9.17, 15) is 4.79 Å². The number of rotatable bonds is 5. The predicted octanol–water partition coefficient (Wildman–Crippen LogP) is 4.50. The van der Waals surface area contributed by atoms with Gasteiger partial charge in [-0.3, -0.25) is 4.79 Å². The summed E-state index contributed by atoms with van der Waals surface area (Å²) >= 11 is 4.97. The minimum atomic E-state index is -0.0899. The van der Waals surface area contributed by atoms with E-state index in [1.807, 2.05) is 40.2 Å². The molecule has 0 aliphatic carbocycles. The summed E-state index contributed by atoms with van der Waals surface area (Å²) in [7, 11) is 0. The highest BCUT2D eigenvalue weighted by Crippen LogP contribution is 2.21. The molecular formula is C20H17BrN4OS. The maximum absolute atomic E-state index is 12.3. The Kier molecular flexibility index (Phi) is 5.05. The van der Waals surface area contributed by atoms with Crippen LogP contribution < -0.4 is 5.32 Å². The van der Waals surface area contributed by atoms with Crippen molar-refractivity contribution in [2.45, 2.75) is 13.3 Å². The van der Waals surface area contributed by atoms with Gasteiger partial charge < -0.3 is 5.32 Å². The number of nitrogens with one attached hydrogen (secondary N) is 1. The molecule has 1 N–H and O–H groups in total. The fraction of sp³-hybridized carbons (Fsp3) is 0.150. The number of thiazole rings is 1. The van der Waals surface area contributed by atoms with Crippen LogP contribution in [0, 0.1) is 6.92 Å². The second kappa shape index (κ2) is 7.62. The van der Waals surface area contributed by atoms with E-state index in [0.717, 1.165) is 26.5 Å². The van der Waals surface area contributed by atoms with E-state index in [-0.39, 0.29) is 5.91 Å². The van der Waals surface area contributed by atoms with E-state index >= 15 is 0 Å². The SMILES string of the molecule is Cc1ccc(-c2nc3scc(CCNC(=O)c4ccccc4Br)n3n2)cc1. The molecular weight excluding hydrogens is 424 g/mol. The molecule has 0 radical (unpaired) electrons. The van der Waals surface area contributed by atoms with E-state index in [0.29, 0.717) is 18.5 Å². The molecule has 0 fully saturated rings. The van der Waals surface area contributed by atoms with Gasteiger partial charge in [-0.15, -0.1) is 16.4 Å². The molecule has 7 heteroatoms. The van der Waals surface area contributed by atoms with Crippen LogP contribution >= 0.6 is 27.3 Å². The molecule has 4 rings (SSSR count). The lowest BCUT2D eigenvalue weighted by molar-refractivity contribution is 0.0953. The fourth-order valence-corrected chi connectivity index (χ4v) is 4.09. The highest BCUT2D eigenvalue weighted by atomic mass is 79.9. The van der Waals surface area contributed by atoms with Crippen LogP contribution in [0.3, 0.4) is 0 Å². The van der Waals surface area contributed by atoms with Gasteiger partial charge in [-0.2, -0.15) is 4.98 Å². The number of halogens is 1. The Hall–Kier alpha value is -2.51. The van der Waals surface area contributed by atoms with E-state index in [2.05, 4.69) is 50.4 Å². The van der Waals surface area contributed by atoms with Gasteiger partial charge in [-0.25, -0.2) is 4.52 Å². The molecule has 0 aliphatic heterocycles. The van der Waals surface area contributed by atoms with Crippen LogP contribution in [-0.2, 0) is 6.42 Å². The second-order valence-electron chi connectivity index (χ2n) is 6.21. The van der Waals surface area contributed by atoms with Gasteiger partial charge in [0.05, 0.1) is 11.3 Å². The molecule has 0 aliphatic rings. The van der Waals surface area contributed by atoms with Crippen molar-refractivity contribution in [3.8, 4) is 11.4 Å². The summed E-state index contributed by atoms with van der Waals surface area (Å²) in [6, 6.07) is 15.6. The van der Waals surface area contributed by atoms with Crippen molar-refractivity contribution in [2.75, 3.05) is 6.54 Å². The van der Waals surface area contributed by atoms with Gasteiger partial charge in [-0.1, -0.05) is 42.0 Å². The first-order valence-corrected chi connectivity index (χ1v) is 10.2. The van der Waals surface area contributed by atoms with Crippen molar-refractivity contribution in [1.82, 2.24) is 19.9 Å². The lowest BCUT2D eigenvalue weighted by Gasteiger charge is -2.06. The normalized spacial score (nSPS) is 11.0. The average molecular weight is 441 g/mol. The molecule has 136 valence electrons. The van der Waals surface area contributed by atoms with Crippen molar-refractivity contribution in [2.24, 2.45) is 0 Å². The summed E-state index contributed by atoms with van der Waals surface area (Å²) in [5.41, 5.74) is 3.88. The summed E-state index contributed by atoms with van der Waals surface area (Å²) in [6.07, 6.45) is 0.687. The number of nitrogens with zero attached hydrogens (tertiary/aromatic N) is 3. The van der Waals surface area contributed by atoms with Gasteiger partial charge in [0.1, 0.15) is 0 Å². The molecule has 0 saturated carbocycles. The smallest absolute Gasteiger partial charge is 0.252 e. The summed E-state index contributed by atoms with van der Waals surface area (Å²) in [5, 5.41) is 9.64. The lowest BCUT2D eigenvalue weighted by atomic mass is 10.1. The van der Waals surface area contributed by atoms with Crippen LogP contribution in [0.15, 0.2) is 58.4 Å². The maximum atomic E-state index is 12.3. The number of fused-ring (bicyclic) bond motifs is 1. The van der Waals surface area contributed by atoms with Gasteiger partial charge >= 0.3 is 0 Å². The summed E-state index contributed by atoms with van der Waals surface area (Å²) in [4.78, 5) is 17.8. The topological polar surface area (TPSA) is 59.3 Å². The third kappa shape index (κ3) is 3.79. The third-order valence-corrected chi connectivity index (χ3v) is 5.80. The molecule has 0 unspecified atom stereocenters. The number of carbonyl (C=O) groups excluding carboxylic acids is 1. The van der Waals surface area contributed by atoms with Crippen molar-refractivity contribution < 1.29 is 4.79 Å². The van der Waals surface area contributed by atoms with Crippen LogP contribution in [0.4, 0.5) is 0 Å². The Balaban J connectivity index is 1.46. The molecule has 0 bridgehead atoms. The minimum Gasteiger partial charge on any atom is -0.352 e. The zero-order valence-corrected chi connectivity index (χ0v) is 17.0. The minimum absolute atomic E-state index is 0.0899. The largest absolute Gasteiger partial charge is 0.352 e. The zero-order valence-electron chi connectivity index (χ0n) is 14.6. The monoisotopic (exact) mass is 440 g/mol. The molecule has 4 aromatic rings. The van der Waals surface area contributed by atoms with Crippen LogP contribution in [0.5, 0.6) is 0 Å². The molecule has 27 heavy (non-hydrogen) atoms. The van der Waals surface area contributed by atoms with E-state index < -0.39 is 0 Å².